The number of hydrogen-bond acceptors (Lipinski definition) is 6. The molecule has 5 aromatic rings. The quantitative estimate of drug-likeness (QED) is 0.120. The van der Waals surface area contributed by atoms with E-state index < -0.39 is 47.7 Å². The molecule has 0 saturated heterocycles. The van der Waals surface area contributed by atoms with E-state index in [1.165, 1.54) is 6.07 Å². The average molecular weight is 723 g/mol. The molecular formula is C44H44ClFO6. The van der Waals surface area contributed by atoms with Crippen molar-refractivity contribution in [3.63, 3.8) is 0 Å². The second-order valence-corrected chi connectivity index (χ2v) is 14.1. The van der Waals surface area contributed by atoms with Crippen LogP contribution in [0.4, 0.5) is 4.39 Å². The van der Waals surface area contributed by atoms with Crippen molar-refractivity contribution in [3.05, 3.63) is 172 Å². The summed E-state index contributed by atoms with van der Waals surface area (Å²) in [5, 5.41) is 25.3. The van der Waals surface area contributed by atoms with Crippen LogP contribution in [0.5, 0.6) is 5.75 Å². The second-order valence-electron chi connectivity index (χ2n) is 13.7. The van der Waals surface area contributed by atoms with Gasteiger partial charge in [0, 0.05) is 10.9 Å². The van der Waals surface area contributed by atoms with Gasteiger partial charge in [-0.1, -0.05) is 121 Å². The molecule has 0 aromatic heterocycles. The Balaban J connectivity index is 1.30. The molecule has 0 amide bonds. The second kappa shape index (κ2) is 16.3. The fourth-order valence-electron chi connectivity index (χ4n) is 8.07. The zero-order valence-electron chi connectivity index (χ0n) is 29.1. The molecule has 270 valence electrons. The summed E-state index contributed by atoms with van der Waals surface area (Å²) in [5.74, 6) is -0.717. The Morgan fingerprint density at radius 3 is 1.85 bits per heavy atom. The van der Waals surface area contributed by atoms with Gasteiger partial charge in [0.2, 0.25) is 0 Å². The van der Waals surface area contributed by atoms with Gasteiger partial charge in [-0.25, -0.2) is 4.39 Å². The van der Waals surface area contributed by atoms with Crippen LogP contribution in [0.25, 0.3) is 0 Å². The molecule has 2 fully saturated rings. The molecule has 2 bridgehead atoms. The molecule has 2 aliphatic carbocycles. The van der Waals surface area contributed by atoms with Gasteiger partial charge in [-0.2, -0.15) is 0 Å². The van der Waals surface area contributed by atoms with Gasteiger partial charge in [-0.05, 0) is 71.3 Å². The predicted molar refractivity (Wildman–Crippen MR) is 199 cm³/mol. The van der Waals surface area contributed by atoms with Crippen LogP contribution in [-0.2, 0) is 45.9 Å². The first-order chi connectivity index (χ1) is 25.4. The first-order valence-corrected chi connectivity index (χ1v) is 18.3. The van der Waals surface area contributed by atoms with Crippen molar-refractivity contribution in [2.24, 2.45) is 5.92 Å². The lowest BCUT2D eigenvalue weighted by Gasteiger charge is -2.52. The van der Waals surface area contributed by atoms with E-state index in [0.717, 1.165) is 22.3 Å². The lowest BCUT2D eigenvalue weighted by atomic mass is 9.63. The molecule has 52 heavy (non-hydrogen) atoms. The van der Waals surface area contributed by atoms with Crippen LogP contribution in [0.15, 0.2) is 127 Å². The fourth-order valence-corrected chi connectivity index (χ4v) is 8.26. The highest BCUT2D eigenvalue weighted by Gasteiger charge is 2.69. The molecule has 6 nitrogen and oxygen atoms in total. The Morgan fingerprint density at radius 1 is 0.692 bits per heavy atom. The van der Waals surface area contributed by atoms with Crippen LogP contribution in [0.3, 0.4) is 0 Å². The summed E-state index contributed by atoms with van der Waals surface area (Å²) in [5.41, 5.74) is 3.73. The molecule has 0 radical (unpaired) electrons. The van der Waals surface area contributed by atoms with Gasteiger partial charge in [0.05, 0.1) is 50.2 Å². The van der Waals surface area contributed by atoms with E-state index in [1.807, 2.05) is 116 Å². The summed E-state index contributed by atoms with van der Waals surface area (Å²) in [6, 6.07) is 40.1. The molecule has 0 spiro atoms. The molecule has 0 heterocycles. The number of benzene rings is 5. The number of hydrogen-bond donors (Lipinski definition) is 2. The maximum Gasteiger partial charge on any atom is 0.165 e. The highest BCUT2D eigenvalue weighted by Crippen LogP contribution is 2.56. The zero-order valence-corrected chi connectivity index (χ0v) is 29.9. The summed E-state index contributed by atoms with van der Waals surface area (Å²) in [7, 11) is 0. The Labute approximate surface area is 309 Å². The molecule has 2 saturated carbocycles. The first-order valence-electron chi connectivity index (χ1n) is 17.9. The Morgan fingerprint density at radius 2 is 1.27 bits per heavy atom. The summed E-state index contributed by atoms with van der Waals surface area (Å²) in [4.78, 5) is 0. The summed E-state index contributed by atoms with van der Waals surface area (Å²) < 4.78 is 40.7. The molecule has 0 aliphatic heterocycles. The van der Waals surface area contributed by atoms with Crippen molar-refractivity contribution in [2.45, 2.75) is 75.5 Å². The smallest absolute Gasteiger partial charge is 0.165 e. The number of fused-ring (bicyclic) bond motifs is 2. The van der Waals surface area contributed by atoms with Crippen LogP contribution in [0.2, 0.25) is 5.02 Å². The summed E-state index contributed by atoms with van der Waals surface area (Å²) in [6.07, 6.45) is -3.54. The highest BCUT2D eigenvalue weighted by atomic mass is 35.5. The first kappa shape index (κ1) is 36.3. The monoisotopic (exact) mass is 722 g/mol. The molecule has 8 heteroatoms. The zero-order chi connectivity index (χ0) is 36.1. The number of ether oxygens (including phenoxy) is 4. The van der Waals surface area contributed by atoms with Gasteiger partial charge in [0.15, 0.2) is 11.6 Å². The van der Waals surface area contributed by atoms with Crippen molar-refractivity contribution in [3.8, 4) is 5.75 Å². The van der Waals surface area contributed by atoms with Crippen LogP contribution < -0.4 is 4.74 Å². The predicted octanol–water partition coefficient (Wildman–Crippen LogP) is 8.22. The van der Waals surface area contributed by atoms with Gasteiger partial charge in [-0.3, -0.25) is 0 Å². The topological polar surface area (TPSA) is 77.4 Å². The summed E-state index contributed by atoms with van der Waals surface area (Å²) in [6.45, 7) is 2.98. The molecule has 5 aromatic carbocycles. The van der Waals surface area contributed by atoms with E-state index in [9.17, 15) is 14.6 Å². The van der Waals surface area contributed by atoms with E-state index in [1.54, 1.807) is 12.1 Å². The number of rotatable bonds is 14. The van der Waals surface area contributed by atoms with Gasteiger partial charge in [0.1, 0.15) is 12.2 Å². The fraction of sp³-hybridized carbons (Fsp3) is 0.318. The van der Waals surface area contributed by atoms with Crippen LogP contribution >= 0.6 is 11.6 Å². The minimum absolute atomic E-state index is 0.194. The molecule has 2 unspecified atom stereocenters. The molecular weight excluding hydrogens is 679 g/mol. The van der Waals surface area contributed by atoms with Gasteiger partial charge in [-0.15, -0.1) is 0 Å². The van der Waals surface area contributed by atoms with Crippen molar-refractivity contribution in [1.29, 1.82) is 0 Å². The lowest BCUT2D eigenvalue weighted by molar-refractivity contribution is -0.232. The van der Waals surface area contributed by atoms with Crippen molar-refractivity contribution in [1.82, 2.24) is 0 Å². The molecule has 7 atom stereocenters. The van der Waals surface area contributed by atoms with Crippen LogP contribution in [-0.4, -0.2) is 47.3 Å². The maximum atomic E-state index is 14.9. The Kier molecular flexibility index (Phi) is 11.4. The van der Waals surface area contributed by atoms with Crippen molar-refractivity contribution >= 4 is 11.6 Å². The molecule has 2 aliphatic rings. The van der Waals surface area contributed by atoms with Crippen molar-refractivity contribution in [2.75, 3.05) is 6.61 Å². The number of aliphatic hydroxyl groups is 2. The maximum absolute atomic E-state index is 14.9. The van der Waals surface area contributed by atoms with Gasteiger partial charge in [0.25, 0.3) is 0 Å². The van der Waals surface area contributed by atoms with Crippen molar-refractivity contribution < 1.29 is 33.6 Å². The third-order valence-electron chi connectivity index (χ3n) is 10.5. The highest BCUT2D eigenvalue weighted by molar-refractivity contribution is 6.31. The lowest BCUT2D eigenvalue weighted by Crippen LogP contribution is -2.66. The van der Waals surface area contributed by atoms with E-state index >= 15 is 0 Å². The minimum atomic E-state index is -1.29. The molecule has 2 N–H and O–H groups in total. The van der Waals surface area contributed by atoms with E-state index in [4.69, 9.17) is 30.5 Å². The van der Waals surface area contributed by atoms with Gasteiger partial charge < -0.3 is 29.2 Å². The average Bonchev–Trinajstić information content (AvgIpc) is 3.36. The standard InChI is InChI=1S/C44H44ClFO6/c1-2-49-38-21-18-32(23-37(38)46)22-33-24-34(19-20-36(33)45)44-39(47)25-35(42(44)48)40(50-26-29-12-6-3-7-13-29)41(51-27-30-14-8-4-9-15-30)43(44)52-28-31-16-10-5-11-17-31/h3-21,23-24,35,39-43,47-48H,2,22,25-28H2,1H3/t35-,39?,40+,41+,42?,43+,44+/m1/s1. The number of aliphatic hydroxyl groups excluding tert-OH is 2. The SMILES string of the molecule is CCOc1ccc(Cc2cc([C@]34C(O)C[C@@H](C3O)[C@H](OCc3ccccc3)[C@H](OCc3ccccc3)[C@@H]4OCc3ccccc3)ccc2Cl)cc1F. The third-order valence-corrected chi connectivity index (χ3v) is 10.9. The Hall–Kier alpha value is -4.08. The van der Waals surface area contributed by atoms with E-state index in [-0.39, 0.29) is 25.4 Å². The van der Waals surface area contributed by atoms with Gasteiger partial charge >= 0.3 is 0 Å². The minimum Gasteiger partial charge on any atom is -0.491 e. The number of halogens is 2. The Bertz CT molecular complexity index is 1910. The normalized spacial score (nSPS) is 25.2. The van der Waals surface area contributed by atoms with E-state index in [0.29, 0.717) is 35.8 Å². The van der Waals surface area contributed by atoms with E-state index in [2.05, 4.69) is 0 Å². The third kappa shape index (κ3) is 7.40. The molecule has 7 rings (SSSR count). The summed E-state index contributed by atoms with van der Waals surface area (Å²) >= 11 is 6.80. The largest absolute Gasteiger partial charge is 0.491 e. The van der Waals surface area contributed by atoms with Crippen LogP contribution in [0.1, 0.15) is 46.7 Å². The van der Waals surface area contributed by atoms with Crippen LogP contribution in [0, 0.1) is 11.7 Å².